The van der Waals surface area contributed by atoms with E-state index in [1.165, 1.54) is 30.5 Å². The number of imide groups is 1. The summed E-state index contributed by atoms with van der Waals surface area (Å²) in [5.41, 5.74) is 4.71. The van der Waals surface area contributed by atoms with E-state index in [0.717, 1.165) is 17.7 Å². The molecule has 2 aromatic rings. The fourth-order valence-corrected chi connectivity index (χ4v) is 4.91. The van der Waals surface area contributed by atoms with Gasteiger partial charge in [0.15, 0.2) is 11.4 Å². The highest BCUT2D eigenvalue weighted by Gasteiger charge is 2.51. The van der Waals surface area contributed by atoms with Crippen LogP contribution in [0.25, 0.3) is 0 Å². The number of anilines is 2. The second-order valence-electron chi connectivity index (χ2n) is 9.25. The van der Waals surface area contributed by atoms with Crippen LogP contribution in [0.4, 0.5) is 20.7 Å². The summed E-state index contributed by atoms with van der Waals surface area (Å²) in [5, 5.41) is 5.73. The number of hydrogen-bond acceptors (Lipinski definition) is 7. The van der Waals surface area contributed by atoms with E-state index in [1.54, 1.807) is 0 Å². The average molecular weight is 502 g/mol. The Kier molecular flexibility index (Phi) is 6.10. The zero-order valence-corrected chi connectivity index (χ0v) is 19.6. The van der Waals surface area contributed by atoms with Gasteiger partial charge in [0.05, 0.1) is 21.8 Å². The summed E-state index contributed by atoms with van der Waals surface area (Å²) >= 11 is 6.09. The van der Waals surface area contributed by atoms with Crippen molar-refractivity contribution >= 4 is 41.0 Å². The van der Waals surface area contributed by atoms with Crippen molar-refractivity contribution in [3.8, 4) is 0 Å². The summed E-state index contributed by atoms with van der Waals surface area (Å²) in [6, 6.07) is 4.72. The standard InChI is InChI=1S/C24H25ClFN5O4/c25-15-5-6-17-19(20(15)26)24(8-1-9-28-12-24)35-23(34)31(17)22(33)16(10-13-2-3-13)30-21(32)14-4-7-18(27)29-11-14/h4-7,11,13,16,28H,1-3,8-10,12H2,(H2,27,29)(H,30,32)/t16-,24-/m0/s1. The predicted octanol–water partition coefficient (Wildman–Crippen LogP) is 3.12. The van der Waals surface area contributed by atoms with Crippen LogP contribution < -0.4 is 21.3 Å². The SMILES string of the molecule is Nc1ccc(C(=O)N[C@@H](CC2CC2)C(=O)N2C(=O)O[C@]3(CCCNC3)c3c2ccc(Cl)c3F)cn1. The van der Waals surface area contributed by atoms with E-state index >= 15 is 4.39 Å². The van der Waals surface area contributed by atoms with Crippen LogP contribution in [0.15, 0.2) is 30.5 Å². The fourth-order valence-electron chi connectivity index (χ4n) is 4.75. The van der Waals surface area contributed by atoms with Crippen LogP contribution in [-0.2, 0) is 15.1 Å². The molecule has 184 valence electrons. The lowest BCUT2D eigenvalue weighted by atomic mass is 9.83. The number of nitrogens with one attached hydrogen (secondary N) is 2. The van der Waals surface area contributed by atoms with Crippen LogP contribution in [0.3, 0.4) is 0 Å². The molecule has 0 bridgehead atoms. The molecule has 0 unspecified atom stereocenters. The molecular weight excluding hydrogens is 477 g/mol. The first-order valence-corrected chi connectivity index (χ1v) is 12.0. The number of amides is 3. The third-order valence-electron chi connectivity index (χ3n) is 6.72. The molecule has 1 aromatic carbocycles. The molecule has 1 saturated carbocycles. The second kappa shape index (κ2) is 9.09. The number of carbonyl (C=O) groups is 3. The van der Waals surface area contributed by atoms with E-state index in [4.69, 9.17) is 22.1 Å². The predicted molar refractivity (Wildman–Crippen MR) is 126 cm³/mol. The van der Waals surface area contributed by atoms with Crippen molar-refractivity contribution in [2.75, 3.05) is 23.7 Å². The molecule has 1 spiro atoms. The Bertz CT molecular complexity index is 1180. The maximum Gasteiger partial charge on any atom is 0.422 e. The Labute approximate surface area is 206 Å². The number of fused-ring (bicyclic) bond motifs is 2. The molecule has 2 fully saturated rings. The third-order valence-corrected chi connectivity index (χ3v) is 7.01. The van der Waals surface area contributed by atoms with E-state index in [-0.39, 0.29) is 40.1 Å². The van der Waals surface area contributed by atoms with Gasteiger partial charge in [0.2, 0.25) is 0 Å². The fraction of sp³-hybridized carbons (Fsp3) is 0.417. The number of aromatic nitrogens is 1. The summed E-state index contributed by atoms with van der Waals surface area (Å²) in [4.78, 5) is 44.5. The molecule has 3 heterocycles. The lowest BCUT2D eigenvalue weighted by molar-refractivity contribution is -0.121. The smallest absolute Gasteiger partial charge is 0.422 e. The van der Waals surface area contributed by atoms with Gasteiger partial charge < -0.3 is 21.1 Å². The molecule has 9 nitrogen and oxygen atoms in total. The van der Waals surface area contributed by atoms with Crippen molar-refractivity contribution in [2.24, 2.45) is 5.92 Å². The summed E-state index contributed by atoms with van der Waals surface area (Å²) in [6.45, 7) is 0.909. The number of nitrogens with two attached hydrogens (primary N) is 1. The summed E-state index contributed by atoms with van der Waals surface area (Å²) in [7, 11) is 0. The van der Waals surface area contributed by atoms with Crippen molar-refractivity contribution < 1.29 is 23.5 Å². The number of rotatable bonds is 5. The van der Waals surface area contributed by atoms with Gasteiger partial charge in [-0.05, 0) is 56.0 Å². The van der Waals surface area contributed by atoms with Gasteiger partial charge in [0, 0.05) is 12.7 Å². The number of ether oxygens (including phenoxy) is 1. The Morgan fingerprint density at radius 3 is 2.80 bits per heavy atom. The van der Waals surface area contributed by atoms with Crippen LogP contribution in [0, 0.1) is 11.7 Å². The van der Waals surface area contributed by atoms with Crippen molar-refractivity contribution in [3.05, 3.63) is 52.4 Å². The minimum Gasteiger partial charge on any atom is -0.436 e. The Balaban J connectivity index is 1.50. The number of hydrogen-bond donors (Lipinski definition) is 3. The number of pyridine rings is 1. The Morgan fingerprint density at radius 2 is 2.14 bits per heavy atom. The zero-order valence-electron chi connectivity index (χ0n) is 18.9. The molecule has 1 aliphatic carbocycles. The van der Waals surface area contributed by atoms with E-state index in [9.17, 15) is 14.4 Å². The van der Waals surface area contributed by atoms with Gasteiger partial charge >= 0.3 is 6.09 Å². The van der Waals surface area contributed by atoms with Gasteiger partial charge in [-0.2, -0.15) is 0 Å². The number of piperidine rings is 1. The topological polar surface area (TPSA) is 127 Å². The number of carbonyl (C=O) groups excluding carboxylic acids is 3. The molecule has 11 heteroatoms. The Morgan fingerprint density at radius 1 is 1.34 bits per heavy atom. The van der Waals surface area contributed by atoms with Crippen LogP contribution in [-0.4, -0.2) is 42.0 Å². The van der Waals surface area contributed by atoms with Crippen molar-refractivity contribution in [2.45, 2.75) is 43.7 Å². The second-order valence-corrected chi connectivity index (χ2v) is 9.66. The first-order chi connectivity index (χ1) is 16.8. The highest BCUT2D eigenvalue weighted by molar-refractivity contribution is 6.31. The van der Waals surface area contributed by atoms with Gasteiger partial charge in [-0.25, -0.2) is 19.1 Å². The number of nitrogen functional groups attached to an aromatic ring is 1. The van der Waals surface area contributed by atoms with Crippen molar-refractivity contribution in [1.29, 1.82) is 0 Å². The van der Waals surface area contributed by atoms with Gasteiger partial charge in [-0.15, -0.1) is 0 Å². The van der Waals surface area contributed by atoms with Crippen molar-refractivity contribution in [3.63, 3.8) is 0 Å². The molecule has 1 saturated heterocycles. The van der Waals surface area contributed by atoms with Crippen LogP contribution >= 0.6 is 11.6 Å². The first-order valence-electron chi connectivity index (χ1n) is 11.6. The Hall–Kier alpha value is -3.24. The maximum absolute atomic E-state index is 15.4. The molecule has 2 aliphatic heterocycles. The maximum atomic E-state index is 15.4. The highest BCUT2D eigenvalue weighted by Crippen LogP contribution is 2.46. The van der Waals surface area contributed by atoms with Crippen LogP contribution in [0.1, 0.15) is 48.0 Å². The van der Waals surface area contributed by atoms with Gasteiger partial charge in [0.25, 0.3) is 11.8 Å². The number of halogens is 2. The summed E-state index contributed by atoms with van der Waals surface area (Å²) < 4.78 is 21.1. The molecule has 4 N–H and O–H groups in total. The minimum absolute atomic E-state index is 0.0735. The molecule has 3 aliphatic rings. The largest absolute Gasteiger partial charge is 0.436 e. The third kappa shape index (κ3) is 4.43. The lowest BCUT2D eigenvalue weighted by Gasteiger charge is -2.44. The summed E-state index contributed by atoms with van der Waals surface area (Å²) in [6.07, 6.45) is 3.64. The molecule has 3 amide bonds. The normalized spacial score (nSPS) is 22.3. The van der Waals surface area contributed by atoms with Gasteiger partial charge in [-0.1, -0.05) is 24.4 Å². The minimum atomic E-state index is -1.26. The summed E-state index contributed by atoms with van der Waals surface area (Å²) in [5.74, 6) is -1.46. The number of nitrogens with zero attached hydrogens (tertiary/aromatic N) is 2. The molecule has 5 rings (SSSR count). The molecule has 2 atom stereocenters. The number of benzene rings is 1. The molecule has 1 aromatic heterocycles. The average Bonchev–Trinajstić information content (AvgIpc) is 3.65. The van der Waals surface area contributed by atoms with E-state index < -0.39 is 35.4 Å². The lowest BCUT2D eigenvalue weighted by Crippen LogP contribution is -2.58. The van der Waals surface area contributed by atoms with E-state index in [0.29, 0.717) is 25.8 Å². The zero-order chi connectivity index (χ0) is 24.7. The molecule has 0 radical (unpaired) electrons. The van der Waals surface area contributed by atoms with Gasteiger partial charge in [-0.3, -0.25) is 9.59 Å². The monoisotopic (exact) mass is 501 g/mol. The highest BCUT2D eigenvalue weighted by atomic mass is 35.5. The first kappa shape index (κ1) is 23.5. The molecule has 35 heavy (non-hydrogen) atoms. The van der Waals surface area contributed by atoms with Crippen molar-refractivity contribution in [1.82, 2.24) is 15.6 Å². The van der Waals surface area contributed by atoms with E-state index in [2.05, 4.69) is 15.6 Å². The van der Waals surface area contributed by atoms with Crippen LogP contribution in [0.5, 0.6) is 0 Å². The molecular formula is C24H25ClFN5O4. The van der Waals surface area contributed by atoms with Gasteiger partial charge in [0.1, 0.15) is 11.9 Å². The van der Waals surface area contributed by atoms with E-state index in [1.807, 2.05) is 0 Å². The quantitative estimate of drug-likeness (QED) is 0.574. The van der Waals surface area contributed by atoms with Crippen LogP contribution in [0.2, 0.25) is 5.02 Å².